The maximum absolute atomic E-state index is 13.4. The van der Waals surface area contributed by atoms with Crippen LogP contribution in [0.1, 0.15) is 29.9 Å². The molecule has 5 heteroatoms. The summed E-state index contributed by atoms with van der Waals surface area (Å²) in [5, 5.41) is 3.76. The Bertz CT molecular complexity index is 557. The van der Waals surface area contributed by atoms with E-state index in [4.69, 9.17) is 11.6 Å². The van der Waals surface area contributed by atoms with Gasteiger partial charge in [0.2, 0.25) is 0 Å². The number of hydrogen-bond acceptors (Lipinski definition) is 3. The lowest BCUT2D eigenvalue weighted by atomic mass is 10.0. The number of nitrogens with zero attached hydrogens (tertiary/aromatic N) is 2. The van der Waals surface area contributed by atoms with Crippen LogP contribution in [0.2, 0.25) is 5.02 Å². The van der Waals surface area contributed by atoms with Crippen molar-refractivity contribution in [3.05, 3.63) is 58.4 Å². The van der Waals surface area contributed by atoms with E-state index in [0.29, 0.717) is 17.1 Å². The van der Waals surface area contributed by atoms with Gasteiger partial charge in [0.25, 0.3) is 0 Å². The molecule has 0 aliphatic rings. The van der Waals surface area contributed by atoms with Crippen LogP contribution in [0.3, 0.4) is 0 Å². The Balaban J connectivity index is 2.44. The second-order valence-electron chi connectivity index (χ2n) is 4.24. The van der Waals surface area contributed by atoms with Crippen molar-refractivity contribution in [2.24, 2.45) is 0 Å². The van der Waals surface area contributed by atoms with Crippen LogP contribution in [-0.2, 0) is 0 Å². The summed E-state index contributed by atoms with van der Waals surface area (Å²) in [6.07, 6.45) is 3.37. The number of aryl methyl sites for hydroxylation is 1. The van der Waals surface area contributed by atoms with Crippen molar-refractivity contribution in [2.45, 2.75) is 19.9 Å². The van der Waals surface area contributed by atoms with E-state index >= 15 is 0 Å². The van der Waals surface area contributed by atoms with Gasteiger partial charge in [-0.3, -0.25) is 9.97 Å². The van der Waals surface area contributed by atoms with Crippen LogP contribution >= 0.6 is 11.6 Å². The van der Waals surface area contributed by atoms with Crippen LogP contribution in [0.4, 0.5) is 4.39 Å². The third-order valence-electron chi connectivity index (χ3n) is 2.77. The van der Waals surface area contributed by atoms with E-state index in [-0.39, 0.29) is 11.9 Å². The Morgan fingerprint density at radius 3 is 2.74 bits per heavy atom. The maximum atomic E-state index is 13.4. The summed E-state index contributed by atoms with van der Waals surface area (Å²) in [4.78, 5) is 8.56. The summed E-state index contributed by atoms with van der Waals surface area (Å²) >= 11 is 6.15. The second kappa shape index (κ2) is 6.08. The number of halogens is 2. The van der Waals surface area contributed by atoms with E-state index in [9.17, 15) is 4.39 Å². The zero-order chi connectivity index (χ0) is 13.8. The molecule has 0 spiro atoms. The van der Waals surface area contributed by atoms with E-state index in [2.05, 4.69) is 15.3 Å². The van der Waals surface area contributed by atoms with Gasteiger partial charge in [-0.1, -0.05) is 18.5 Å². The molecule has 19 heavy (non-hydrogen) atoms. The molecule has 2 aromatic rings. The van der Waals surface area contributed by atoms with Crippen molar-refractivity contribution in [3.63, 3.8) is 0 Å². The average molecular weight is 280 g/mol. The highest BCUT2D eigenvalue weighted by molar-refractivity contribution is 6.31. The van der Waals surface area contributed by atoms with E-state index < -0.39 is 0 Å². The lowest BCUT2D eigenvalue weighted by Gasteiger charge is -2.19. The van der Waals surface area contributed by atoms with Crippen LogP contribution in [0.5, 0.6) is 0 Å². The number of hydrogen-bond donors (Lipinski definition) is 1. The van der Waals surface area contributed by atoms with Crippen molar-refractivity contribution in [2.75, 3.05) is 6.54 Å². The molecule has 100 valence electrons. The SMILES string of the molecule is CCNC(c1cnc(C)cn1)c1cc(F)ccc1Cl. The molecule has 0 fully saturated rings. The molecular weight excluding hydrogens is 265 g/mol. The molecule has 0 aliphatic carbocycles. The molecule has 0 saturated heterocycles. The van der Waals surface area contributed by atoms with Gasteiger partial charge >= 0.3 is 0 Å². The fourth-order valence-corrected chi connectivity index (χ4v) is 2.09. The summed E-state index contributed by atoms with van der Waals surface area (Å²) in [7, 11) is 0. The Morgan fingerprint density at radius 1 is 1.32 bits per heavy atom. The molecule has 1 unspecified atom stereocenters. The predicted molar refractivity (Wildman–Crippen MR) is 73.7 cm³/mol. The standard InChI is InChI=1S/C14H15ClFN3/c1-3-17-14(13-8-18-9(2)7-19-13)11-6-10(16)4-5-12(11)15/h4-8,14,17H,3H2,1-2H3. The summed E-state index contributed by atoms with van der Waals surface area (Å²) in [5.41, 5.74) is 2.23. The molecule has 2 rings (SSSR count). The highest BCUT2D eigenvalue weighted by Gasteiger charge is 2.18. The Labute approximate surface area is 116 Å². The molecule has 1 heterocycles. The monoisotopic (exact) mass is 279 g/mol. The predicted octanol–water partition coefficient (Wildman–Crippen LogP) is 3.28. The van der Waals surface area contributed by atoms with Crippen molar-refractivity contribution in [1.82, 2.24) is 15.3 Å². The van der Waals surface area contributed by atoms with E-state index in [0.717, 1.165) is 11.4 Å². The van der Waals surface area contributed by atoms with E-state index in [1.165, 1.54) is 12.1 Å². The van der Waals surface area contributed by atoms with Gasteiger partial charge in [-0.2, -0.15) is 0 Å². The molecule has 0 aliphatic heterocycles. The zero-order valence-electron chi connectivity index (χ0n) is 10.8. The molecular formula is C14H15ClFN3. The molecule has 1 aromatic carbocycles. The van der Waals surface area contributed by atoms with Crippen molar-refractivity contribution < 1.29 is 4.39 Å². The average Bonchev–Trinajstić information content (AvgIpc) is 2.40. The van der Waals surface area contributed by atoms with Crippen molar-refractivity contribution in [3.8, 4) is 0 Å². The van der Waals surface area contributed by atoms with Crippen LogP contribution in [0.15, 0.2) is 30.6 Å². The second-order valence-corrected chi connectivity index (χ2v) is 4.65. The van der Waals surface area contributed by atoms with Gasteiger partial charge in [0.05, 0.1) is 23.6 Å². The summed E-state index contributed by atoms with van der Waals surface area (Å²) in [6.45, 7) is 4.56. The molecule has 3 nitrogen and oxygen atoms in total. The fourth-order valence-electron chi connectivity index (χ4n) is 1.87. The molecule has 1 atom stereocenters. The van der Waals surface area contributed by atoms with Crippen molar-refractivity contribution >= 4 is 11.6 Å². The quantitative estimate of drug-likeness (QED) is 0.933. The molecule has 1 aromatic heterocycles. The largest absolute Gasteiger partial charge is 0.305 e. The lowest BCUT2D eigenvalue weighted by molar-refractivity contribution is 0.593. The molecule has 0 radical (unpaired) electrons. The highest BCUT2D eigenvalue weighted by atomic mass is 35.5. The van der Waals surface area contributed by atoms with Gasteiger partial charge in [0.1, 0.15) is 5.82 Å². The summed E-state index contributed by atoms with van der Waals surface area (Å²) in [6, 6.07) is 4.06. The topological polar surface area (TPSA) is 37.8 Å². The third kappa shape index (κ3) is 3.28. The smallest absolute Gasteiger partial charge is 0.123 e. The minimum atomic E-state index is -0.317. The first-order chi connectivity index (χ1) is 9.11. The number of benzene rings is 1. The van der Waals surface area contributed by atoms with Gasteiger partial charge in [-0.05, 0) is 37.2 Å². The molecule has 1 N–H and O–H groups in total. The lowest BCUT2D eigenvalue weighted by Crippen LogP contribution is -2.23. The van der Waals surface area contributed by atoms with Gasteiger partial charge in [0, 0.05) is 11.2 Å². The minimum absolute atomic E-state index is 0.263. The van der Waals surface area contributed by atoms with Crippen LogP contribution < -0.4 is 5.32 Å². The van der Waals surface area contributed by atoms with Crippen LogP contribution in [0.25, 0.3) is 0 Å². The van der Waals surface area contributed by atoms with Crippen LogP contribution in [0, 0.1) is 12.7 Å². The first-order valence-electron chi connectivity index (χ1n) is 6.08. The number of rotatable bonds is 4. The highest BCUT2D eigenvalue weighted by Crippen LogP contribution is 2.27. The number of aromatic nitrogens is 2. The third-order valence-corrected chi connectivity index (χ3v) is 3.12. The van der Waals surface area contributed by atoms with Gasteiger partial charge in [0.15, 0.2) is 0 Å². The first kappa shape index (κ1) is 13.9. The van der Waals surface area contributed by atoms with Gasteiger partial charge < -0.3 is 5.32 Å². The number of nitrogens with one attached hydrogen (secondary N) is 1. The Hall–Kier alpha value is -1.52. The van der Waals surface area contributed by atoms with Crippen LogP contribution in [-0.4, -0.2) is 16.5 Å². The first-order valence-corrected chi connectivity index (χ1v) is 6.46. The summed E-state index contributed by atoms with van der Waals surface area (Å²) < 4.78 is 13.4. The van der Waals surface area contributed by atoms with E-state index in [1.807, 2.05) is 13.8 Å². The molecule has 0 amide bonds. The van der Waals surface area contributed by atoms with Crippen molar-refractivity contribution in [1.29, 1.82) is 0 Å². The molecule has 0 bridgehead atoms. The van der Waals surface area contributed by atoms with Gasteiger partial charge in [-0.15, -0.1) is 0 Å². The van der Waals surface area contributed by atoms with Gasteiger partial charge in [-0.25, -0.2) is 4.39 Å². The summed E-state index contributed by atoms with van der Waals surface area (Å²) in [5.74, 6) is -0.317. The molecule has 0 saturated carbocycles. The zero-order valence-corrected chi connectivity index (χ0v) is 11.6. The Kier molecular flexibility index (Phi) is 4.45. The fraction of sp³-hybridized carbons (Fsp3) is 0.286. The Morgan fingerprint density at radius 2 is 2.11 bits per heavy atom. The normalized spacial score (nSPS) is 12.4. The van der Waals surface area contributed by atoms with E-state index in [1.54, 1.807) is 18.5 Å². The minimum Gasteiger partial charge on any atom is -0.305 e. The maximum Gasteiger partial charge on any atom is 0.123 e.